The molecule has 0 saturated carbocycles. The number of aromatic amines is 2. The summed E-state index contributed by atoms with van der Waals surface area (Å²) in [4.78, 5) is 31.2. The van der Waals surface area contributed by atoms with Crippen molar-refractivity contribution in [3.63, 3.8) is 0 Å². The first-order valence-corrected chi connectivity index (χ1v) is 3.81. The Labute approximate surface area is 76.3 Å². The van der Waals surface area contributed by atoms with Gasteiger partial charge >= 0.3 is 5.69 Å². The van der Waals surface area contributed by atoms with E-state index in [-0.39, 0.29) is 11.2 Å². The van der Waals surface area contributed by atoms with Crippen molar-refractivity contribution in [2.24, 2.45) is 0 Å². The number of nitrogens with one attached hydrogen (secondary N) is 2. The fraction of sp³-hybridized carbons (Fsp3) is 0.167. The second-order valence-electron chi connectivity index (χ2n) is 2.56. The number of H-pyrrole nitrogens is 2. The van der Waals surface area contributed by atoms with Gasteiger partial charge in [0.2, 0.25) is 0 Å². The minimum atomic E-state index is -0.689. The number of nitrogens with zero attached hydrogens (tertiary/aromatic N) is 2. The maximum atomic E-state index is 11.3. The van der Waals surface area contributed by atoms with Gasteiger partial charge in [-0.05, 0) is 6.92 Å². The molecule has 2 aromatic heterocycles. The van der Waals surface area contributed by atoms with Gasteiger partial charge in [0.05, 0.1) is 0 Å². The maximum Gasteiger partial charge on any atom is 0.345 e. The molecule has 13 heavy (non-hydrogen) atoms. The Kier molecular flexibility index (Phi) is 1.53. The van der Waals surface area contributed by atoms with Crippen LogP contribution in [0.5, 0.6) is 0 Å². The number of hydrogen-bond donors (Lipinski definition) is 2. The summed E-state index contributed by atoms with van der Waals surface area (Å²) >= 11 is 5.38. The van der Waals surface area contributed by atoms with E-state index >= 15 is 0 Å². The average Bonchev–Trinajstić information content (AvgIpc) is 2.42. The molecule has 6 nitrogen and oxygen atoms in total. The van der Waals surface area contributed by atoms with Crippen molar-refractivity contribution in [3.8, 4) is 0 Å². The van der Waals surface area contributed by atoms with Gasteiger partial charge < -0.3 is 4.98 Å². The molecule has 0 atom stereocenters. The molecular formula is C6H5ClN4O2. The van der Waals surface area contributed by atoms with E-state index in [1.165, 1.54) is 0 Å². The maximum absolute atomic E-state index is 11.3. The first-order chi connectivity index (χ1) is 6.09. The number of halogens is 1. The van der Waals surface area contributed by atoms with E-state index in [2.05, 4.69) is 15.0 Å². The van der Waals surface area contributed by atoms with Gasteiger partial charge in [-0.15, -0.1) is 0 Å². The van der Waals surface area contributed by atoms with E-state index in [0.717, 1.165) is 0 Å². The van der Waals surface area contributed by atoms with Crippen molar-refractivity contribution in [1.82, 2.24) is 19.0 Å². The SMILES string of the molecule is Cc1nc2[nH]c(=O)n(Cl)c(=O)c2[nH]1. The molecule has 2 N–H and O–H groups in total. The quantitative estimate of drug-likeness (QED) is 0.614. The highest BCUT2D eigenvalue weighted by atomic mass is 35.5. The molecule has 0 unspecified atom stereocenters. The molecule has 0 aliphatic heterocycles. The molecule has 0 saturated heterocycles. The van der Waals surface area contributed by atoms with Crippen molar-refractivity contribution in [3.05, 3.63) is 26.7 Å². The minimum absolute atomic E-state index is 0.201. The average molecular weight is 201 g/mol. The third kappa shape index (κ3) is 1.06. The summed E-state index contributed by atoms with van der Waals surface area (Å²) in [5, 5.41) is 0. The first kappa shape index (κ1) is 8.06. The lowest BCUT2D eigenvalue weighted by atomic mass is 10.5. The number of aromatic nitrogens is 4. The molecule has 0 spiro atoms. The lowest BCUT2D eigenvalue weighted by molar-refractivity contribution is 0.993. The topological polar surface area (TPSA) is 83.5 Å². The van der Waals surface area contributed by atoms with E-state index < -0.39 is 11.2 Å². The van der Waals surface area contributed by atoms with Gasteiger partial charge in [-0.25, -0.2) is 9.78 Å². The van der Waals surface area contributed by atoms with Crippen LogP contribution in [0.15, 0.2) is 9.59 Å². The van der Waals surface area contributed by atoms with Crippen molar-refractivity contribution < 1.29 is 0 Å². The number of fused-ring (bicyclic) bond motifs is 1. The molecule has 0 amide bonds. The summed E-state index contributed by atoms with van der Waals surface area (Å²) in [5.41, 5.74) is -0.858. The van der Waals surface area contributed by atoms with Crippen LogP contribution in [0, 0.1) is 6.92 Å². The molecule has 0 aliphatic carbocycles. The number of hydrogen-bond acceptors (Lipinski definition) is 3. The molecule has 2 heterocycles. The van der Waals surface area contributed by atoms with Crippen LogP contribution in [0.4, 0.5) is 0 Å². The van der Waals surface area contributed by atoms with Crippen LogP contribution in [0.3, 0.4) is 0 Å². The van der Waals surface area contributed by atoms with Crippen LogP contribution >= 0.6 is 11.8 Å². The highest BCUT2D eigenvalue weighted by Crippen LogP contribution is 1.99. The fourth-order valence-electron chi connectivity index (χ4n) is 1.08. The molecule has 0 radical (unpaired) electrons. The van der Waals surface area contributed by atoms with E-state index in [1.807, 2.05) is 0 Å². The van der Waals surface area contributed by atoms with Crippen LogP contribution < -0.4 is 11.2 Å². The fourth-order valence-corrected chi connectivity index (χ4v) is 1.20. The molecule has 7 heteroatoms. The molecule has 0 aliphatic rings. The van der Waals surface area contributed by atoms with E-state index in [0.29, 0.717) is 9.91 Å². The highest BCUT2D eigenvalue weighted by molar-refractivity contribution is 6.15. The van der Waals surface area contributed by atoms with Crippen LogP contribution in [0.25, 0.3) is 11.2 Å². The Morgan fingerprint density at radius 3 is 2.77 bits per heavy atom. The van der Waals surface area contributed by atoms with Crippen molar-refractivity contribution in [2.75, 3.05) is 0 Å². The Morgan fingerprint density at radius 1 is 1.38 bits per heavy atom. The van der Waals surface area contributed by atoms with Crippen LogP contribution in [0.2, 0.25) is 0 Å². The first-order valence-electron chi connectivity index (χ1n) is 3.47. The standard InChI is InChI=1S/C6H5ClN4O2/c1-2-8-3-4(9-2)10-6(13)11(7)5(3)12/h1H3,(H,8,9)(H,10,13). The van der Waals surface area contributed by atoms with Gasteiger partial charge in [0.25, 0.3) is 5.56 Å². The third-order valence-corrected chi connectivity index (χ3v) is 1.93. The van der Waals surface area contributed by atoms with Crippen molar-refractivity contribution in [2.45, 2.75) is 6.92 Å². The summed E-state index contributed by atoms with van der Waals surface area (Å²) in [6, 6.07) is 0. The van der Waals surface area contributed by atoms with Crippen LogP contribution in [0.1, 0.15) is 5.82 Å². The van der Waals surface area contributed by atoms with Gasteiger partial charge in [-0.3, -0.25) is 9.78 Å². The number of aryl methyl sites for hydroxylation is 1. The van der Waals surface area contributed by atoms with Gasteiger partial charge in [0, 0.05) is 11.8 Å². The van der Waals surface area contributed by atoms with E-state index in [9.17, 15) is 9.59 Å². The lowest BCUT2D eigenvalue weighted by Crippen LogP contribution is -2.29. The summed E-state index contributed by atoms with van der Waals surface area (Å²) in [6.07, 6.45) is 0. The second-order valence-corrected chi connectivity index (χ2v) is 2.90. The molecule has 0 bridgehead atoms. The van der Waals surface area contributed by atoms with E-state index in [4.69, 9.17) is 11.8 Å². The zero-order valence-corrected chi connectivity index (χ0v) is 7.34. The van der Waals surface area contributed by atoms with Gasteiger partial charge in [-0.2, -0.15) is 4.09 Å². The van der Waals surface area contributed by atoms with E-state index in [1.54, 1.807) is 6.92 Å². The Balaban J connectivity index is 3.10. The summed E-state index contributed by atoms with van der Waals surface area (Å²) < 4.78 is 0.472. The zero-order valence-electron chi connectivity index (χ0n) is 6.59. The minimum Gasteiger partial charge on any atom is -0.336 e. The summed E-state index contributed by atoms with van der Waals surface area (Å²) in [7, 11) is 0. The molecule has 0 fully saturated rings. The third-order valence-electron chi connectivity index (χ3n) is 1.62. The second kappa shape index (κ2) is 2.46. The van der Waals surface area contributed by atoms with Crippen molar-refractivity contribution >= 4 is 22.9 Å². The molecule has 2 aromatic rings. The summed E-state index contributed by atoms with van der Waals surface area (Å²) in [5.74, 6) is 0.547. The van der Waals surface area contributed by atoms with Crippen molar-refractivity contribution in [1.29, 1.82) is 0 Å². The van der Waals surface area contributed by atoms with Crippen LogP contribution in [-0.4, -0.2) is 19.0 Å². The van der Waals surface area contributed by atoms with Gasteiger partial charge in [0.1, 0.15) is 5.82 Å². The van der Waals surface area contributed by atoms with Crippen LogP contribution in [-0.2, 0) is 0 Å². The monoisotopic (exact) mass is 200 g/mol. The Morgan fingerprint density at radius 2 is 2.08 bits per heavy atom. The molecule has 68 valence electrons. The number of imidazole rings is 1. The largest absolute Gasteiger partial charge is 0.345 e. The zero-order chi connectivity index (χ0) is 9.59. The Hall–Kier alpha value is -1.56. The number of rotatable bonds is 0. The van der Waals surface area contributed by atoms with Gasteiger partial charge in [-0.1, -0.05) is 0 Å². The smallest absolute Gasteiger partial charge is 0.336 e. The van der Waals surface area contributed by atoms with Gasteiger partial charge in [0.15, 0.2) is 11.2 Å². The molecular weight excluding hydrogens is 196 g/mol. The predicted octanol–water partition coefficient (Wildman–Crippen LogP) is -0.277. The molecule has 0 aromatic carbocycles. The predicted molar refractivity (Wildman–Crippen MR) is 47.0 cm³/mol. The highest BCUT2D eigenvalue weighted by Gasteiger charge is 2.08. The summed E-state index contributed by atoms with van der Waals surface area (Å²) in [6.45, 7) is 1.68. The lowest BCUT2D eigenvalue weighted by Gasteiger charge is -1.90. The Bertz CT molecular complexity index is 578. The normalized spacial score (nSPS) is 10.9. The molecule has 2 rings (SSSR count).